The molecule has 0 saturated carbocycles. The Hall–Kier alpha value is -1.51. The summed E-state index contributed by atoms with van der Waals surface area (Å²) in [5, 5.41) is 2.85. The minimum absolute atomic E-state index is 0.0908. The number of carbonyl (C=O) groups excluding carboxylic acids is 1. The van der Waals surface area contributed by atoms with E-state index in [-0.39, 0.29) is 11.3 Å². The molecule has 3 heteroatoms. The van der Waals surface area contributed by atoms with Gasteiger partial charge in [0.15, 0.2) is 0 Å². The molecular weight excluding hydrogens is 176 g/mol. The van der Waals surface area contributed by atoms with Gasteiger partial charge in [0.1, 0.15) is 0 Å². The highest BCUT2D eigenvalue weighted by Gasteiger charge is 2.35. The third-order valence-corrected chi connectivity index (χ3v) is 2.81. The Morgan fingerprint density at radius 2 is 2.29 bits per heavy atom. The lowest BCUT2D eigenvalue weighted by atomic mass is 9.81. The summed E-state index contributed by atoms with van der Waals surface area (Å²) in [6.45, 7) is 2.79. The van der Waals surface area contributed by atoms with Crippen molar-refractivity contribution in [1.29, 1.82) is 0 Å². The van der Waals surface area contributed by atoms with E-state index in [1.165, 1.54) is 0 Å². The number of benzene rings is 1. The number of nitrogens with two attached hydrogens (primary N) is 1. The SMILES string of the molecule is CC1(c2cccc(N)c2)CNC(=O)C1. The van der Waals surface area contributed by atoms with Crippen LogP contribution in [0.15, 0.2) is 24.3 Å². The Balaban J connectivity index is 2.34. The molecule has 1 unspecified atom stereocenters. The van der Waals surface area contributed by atoms with Gasteiger partial charge in [0.05, 0.1) is 0 Å². The van der Waals surface area contributed by atoms with Crippen molar-refractivity contribution in [2.75, 3.05) is 12.3 Å². The highest BCUT2D eigenvalue weighted by molar-refractivity contribution is 5.80. The highest BCUT2D eigenvalue weighted by Crippen LogP contribution is 2.31. The van der Waals surface area contributed by atoms with Gasteiger partial charge in [-0.3, -0.25) is 4.79 Å². The lowest BCUT2D eigenvalue weighted by Crippen LogP contribution is -2.24. The maximum Gasteiger partial charge on any atom is 0.220 e. The van der Waals surface area contributed by atoms with Crippen molar-refractivity contribution in [1.82, 2.24) is 5.32 Å². The fraction of sp³-hybridized carbons (Fsp3) is 0.364. The molecule has 3 nitrogen and oxygen atoms in total. The van der Waals surface area contributed by atoms with E-state index in [9.17, 15) is 4.79 Å². The van der Waals surface area contributed by atoms with Crippen LogP contribution in [0.2, 0.25) is 0 Å². The Bertz CT molecular complexity index is 375. The van der Waals surface area contributed by atoms with Crippen LogP contribution < -0.4 is 11.1 Å². The molecule has 0 aromatic heterocycles. The van der Waals surface area contributed by atoms with Crippen LogP contribution in [0.3, 0.4) is 0 Å². The lowest BCUT2D eigenvalue weighted by Gasteiger charge is -2.22. The Morgan fingerprint density at radius 3 is 2.86 bits per heavy atom. The van der Waals surface area contributed by atoms with E-state index >= 15 is 0 Å². The first-order valence-corrected chi connectivity index (χ1v) is 4.73. The molecule has 0 bridgehead atoms. The van der Waals surface area contributed by atoms with Crippen LogP contribution in [0.4, 0.5) is 5.69 Å². The van der Waals surface area contributed by atoms with Crippen LogP contribution in [0.5, 0.6) is 0 Å². The molecule has 1 aliphatic heterocycles. The lowest BCUT2D eigenvalue weighted by molar-refractivity contribution is -0.119. The predicted octanol–water partition coefficient (Wildman–Crippen LogP) is 1.05. The van der Waals surface area contributed by atoms with Crippen LogP contribution in [0.1, 0.15) is 18.9 Å². The van der Waals surface area contributed by atoms with Gasteiger partial charge >= 0.3 is 0 Å². The van der Waals surface area contributed by atoms with Crippen molar-refractivity contribution in [2.45, 2.75) is 18.8 Å². The average Bonchev–Trinajstić information content (AvgIpc) is 2.48. The van der Waals surface area contributed by atoms with Crippen molar-refractivity contribution in [3.63, 3.8) is 0 Å². The molecule has 2 rings (SSSR count). The molecule has 3 N–H and O–H groups in total. The number of nitrogen functional groups attached to an aromatic ring is 1. The van der Waals surface area contributed by atoms with Crippen molar-refractivity contribution >= 4 is 11.6 Å². The molecule has 1 fully saturated rings. The third kappa shape index (κ3) is 1.45. The van der Waals surface area contributed by atoms with Gasteiger partial charge in [0.2, 0.25) is 5.91 Å². The van der Waals surface area contributed by atoms with Gasteiger partial charge in [0, 0.05) is 24.1 Å². The van der Waals surface area contributed by atoms with E-state index in [2.05, 4.69) is 12.2 Å². The van der Waals surface area contributed by atoms with Crippen molar-refractivity contribution in [3.8, 4) is 0 Å². The zero-order valence-corrected chi connectivity index (χ0v) is 8.21. The summed E-state index contributed by atoms with van der Waals surface area (Å²) in [6, 6.07) is 7.76. The summed E-state index contributed by atoms with van der Waals surface area (Å²) in [4.78, 5) is 11.2. The number of anilines is 1. The number of amides is 1. The van der Waals surface area contributed by atoms with E-state index in [4.69, 9.17) is 5.73 Å². The predicted molar refractivity (Wildman–Crippen MR) is 55.8 cm³/mol. The average molecular weight is 190 g/mol. The zero-order valence-electron chi connectivity index (χ0n) is 8.21. The van der Waals surface area contributed by atoms with Crippen molar-refractivity contribution in [3.05, 3.63) is 29.8 Å². The first kappa shape index (κ1) is 9.06. The molecule has 1 amide bonds. The molecular formula is C11H14N2O. The van der Waals surface area contributed by atoms with Gasteiger partial charge in [-0.25, -0.2) is 0 Å². The first-order chi connectivity index (χ1) is 6.60. The molecule has 1 heterocycles. The summed E-state index contributed by atoms with van der Waals surface area (Å²) in [6.07, 6.45) is 0.552. The molecule has 0 radical (unpaired) electrons. The summed E-state index contributed by atoms with van der Waals surface area (Å²) >= 11 is 0. The number of rotatable bonds is 1. The zero-order chi connectivity index (χ0) is 10.2. The molecule has 1 atom stereocenters. The summed E-state index contributed by atoms with van der Waals surface area (Å²) < 4.78 is 0. The summed E-state index contributed by atoms with van der Waals surface area (Å²) in [7, 11) is 0. The van der Waals surface area contributed by atoms with E-state index in [0.29, 0.717) is 13.0 Å². The van der Waals surface area contributed by atoms with Gasteiger partial charge in [-0.1, -0.05) is 19.1 Å². The maximum atomic E-state index is 11.2. The second-order valence-corrected chi connectivity index (χ2v) is 4.14. The van der Waals surface area contributed by atoms with Crippen molar-refractivity contribution < 1.29 is 4.79 Å². The summed E-state index contributed by atoms with van der Waals surface area (Å²) in [5.41, 5.74) is 7.51. The molecule has 1 aromatic rings. The molecule has 1 aromatic carbocycles. The van der Waals surface area contributed by atoms with Gasteiger partial charge in [-0.05, 0) is 17.7 Å². The minimum Gasteiger partial charge on any atom is -0.399 e. The fourth-order valence-electron chi connectivity index (χ4n) is 1.89. The van der Waals surface area contributed by atoms with E-state index < -0.39 is 0 Å². The maximum absolute atomic E-state index is 11.2. The number of hydrogen-bond donors (Lipinski definition) is 2. The second-order valence-electron chi connectivity index (χ2n) is 4.14. The van der Waals surface area contributed by atoms with Crippen LogP contribution in [-0.2, 0) is 10.2 Å². The van der Waals surface area contributed by atoms with Crippen molar-refractivity contribution in [2.24, 2.45) is 0 Å². The normalized spacial score (nSPS) is 26.2. The molecule has 1 aliphatic rings. The van der Waals surface area contributed by atoms with Crippen LogP contribution in [-0.4, -0.2) is 12.5 Å². The van der Waals surface area contributed by atoms with E-state index in [1.807, 2.05) is 24.3 Å². The molecule has 0 aliphatic carbocycles. The fourth-order valence-corrected chi connectivity index (χ4v) is 1.89. The van der Waals surface area contributed by atoms with Crippen LogP contribution >= 0.6 is 0 Å². The van der Waals surface area contributed by atoms with Gasteiger partial charge in [-0.2, -0.15) is 0 Å². The number of nitrogens with one attached hydrogen (secondary N) is 1. The quantitative estimate of drug-likeness (QED) is 0.650. The molecule has 74 valence electrons. The van der Waals surface area contributed by atoms with E-state index in [1.54, 1.807) is 0 Å². The van der Waals surface area contributed by atoms with Gasteiger partial charge in [-0.15, -0.1) is 0 Å². The van der Waals surface area contributed by atoms with Gasteiger partial charge < -0.3 is 11.1 Å². The molecule has 1 saturated heterocycles. The monoisotopic (exact) mass is 190 g/mol. The van der Waals surface area contributed by atoms with Crippen LogP contribution in [0.25, 0.3) is 0 Å². The van der Waals surface area contributed by atoms with Crippen LogP contribution in [0, 0.1) is 0 Å². The summed E-state index contributed by atoms with van der Waals surface area (Å²) in [5.74, 6) is 0.120. The van der Waals surface area contributed by atoms with E-state index in [0.717, 1.165) is 11.3 Å². The topological polar surface area (TPSA) is 55.1 Å². The standard InChI is InChI=1S/C11H14N2O/c1-11(6-10(14)13-7-11)8-3-2-4-9(12)5-8/h2-5H,6-7,12H2,1H3,(H,13,14). The minimum atomic E-state index is -0.0908. The molecule has 14 heavy (non-hydrogen) atoms. The highest BCUT2D eigenvalue weighted by atomic mass is 16.1. The Labute approximate surface area is 83.3 Å². The number of carbonyl (C=O) groups is 1. The Morgan fingerprint density at radius 1 is 1.50 bits per heavy atom. The second kappa shape index (κ2) is 3.01. The molecule has 0 spiro atoms. The third-order valence-electron chi connectivity index (χ3n) is 2.81. The number of hydrogen-bond acceptors (Lipinski definition) is 2. The first-order valence-electron chi connectivity index (χ1n) is 4.73. The van der Waals surface area contributed by atoms with Gasteiger partial charge in [0.25, 0.3) is 0 Å². The largest absolute Gasteiger partial charge is 0.399 e. The Kier molecular flexibility index (Phi) is 1.95. The smallest absolute Gasteiger partial charge is 0.220 e.